The first kappa shape index (κ1) is 22.7. The summed E-state index contributed by atoms with van der Waals surface area (Å²) >= 11 is 0. The SMILES string of the molecule is Cc1nn(C)c2nc(-c3ccccc3)cc(C(=O)N3CCC(C(=O)NCc4cccnc4)CC3)c12. The van der Waals surface area contributed by atoms with Crippen molar-refractivity contribution in [2.75, 3.05) is 13.1 Å². The molecule has 2 amide bonds. The topological polar surface area (TPSA) is 93.0 Å². The van der Waals surface area contributed by atoms with Crippen LogP contribution < -0.4 is 5.32 Å². The van der Waals surface area contributed by atoms with Crippen molar-refractivity contribution in [1.82, 2.24) is 30.0 Å². The zero-order valence-corrected chi connectivity index (χ0v) is 19.9. The van der Waals surface area contributed by atoms with E-state index in [2.05, 4.69) is 15.4 Å². The van der Waals surface area contributed by atoms with Crippen molar-refractivity contribution in [3.05, 3.63) is 77.7 Å². The van der Waals surface area contributed by atoms with E-state index in [1.165, 1.54) is 0 Å². The number of aryl methyl sites for hydroxylation is 2. The fraction of sp³-hybridized carbons (Fsp3) is 0.296. The standard InChI is InChI=1S/C27H28N6O2/c1-18-24-22(15-23(20-8-4-3-5-9-20)30-25(24)32(2)31-18)27(35)33-13-10-21(11-14-33)26(34)29-17-19-7-6-12-28-16-19/h3-9,12,15-16,21H,10-11,13-14,17H2,1-2H3,(H,29,34). The molecule has 1 aliphatic heterocycles. The van der Waals surface area contributed by atoms with E-state index < -0.39 is 0 Å². The monoisotopic (exact) mass is 468 g/mol. The molecule has 5 rings (SSSR count). The molecule has 0 radical (unpaired) electrons. The van der Waals surface area contributed by atoms with E-state index in [0.29, 0.717) is 43.7 Å². The van der Waals surface area contributed by atoms with Crippen LogP contribution in [0.3, 0.4) is 0 Å². The second-order valence-electron chi connectivity index (χ2n) is 8.97. The first-order valence-corrected chi connectivity index (χ1v) is 11.9. The third-order valence-electron chi connectivity index (χ3n) is 6.61. The lowest BCUT2D eigenvalue weighted by Crippen LogP contribution is -2.43. The number of amides is 2. The lowest BCUT2D eigenvalue weighted by atomic mass is 9.95. The number of carbonyl (C=O) groups is 2. The Morgan fingerprint density at radius 3 is 2.57 bits per heavy atom. The molecule has 178 valence electrons. The molecule has 4 heterocycles. The van der Waals surface area contributed by atoms with Gasteiger partial charge in [-0.3, -0.25) is 19.3 Å². The van der Waals surface area contributed by atoms with Crippen LogP contribution in [0.25, 0.3) is 22.3 Å². The van der Waals surface area contributed by atoms with Crippen LogP contribution in [0.4, 0.5) is 0 Å². The van der Waals surface area contributed by atoms with Gasteiger partial charge in [-0.25, -0.2) is 4.98 Å². The van der Waals surface area contributed by atoms with E-state index in [-0.39, 0.29) is 17.7 Å². The molecule has 1 aliphatic rings. The van der Waals surface area contributed by atoms with Crippen molar-refractivity contribution in [2.24, 2.45) is 13.0 Å². The highest BCUT2D eigenvalue weighted by molar-refractivity contribution is 6.07. The minimum Gasteiger partial charge on any atom is -0.352 e. The van der Waals surface area contributed by atoms with Gasteiger partial charge < -0.3 is 10.2 Å². The highest BCUT2D eigenvalue weighted by Crippen LogP contribution is 2.29. The lowest BCUT2D eigenvalue weighted by Gasteiger charge is -2.31. The lowest BCUT2D eigenvalue weighted by molar-refractivity contribution is -0.126. The van der Waals surface area contributed by atoms with Crippen molar-refractivity contribution in [1.29, 1.82) is 0 Å². The van der Waals surface area contributed by atoms with Crippen LogP contribution in [0.15, 0.2) is 60.9 Å². The average molecular weight is 469 g/mol. The number of nitrogens with zero attached hydrogens (tertiary/aromatic N) is 5. The molecule has 1 fully saturated rings. The number of pyridine rings is 2. The fourth-order valence-corrected chi connectivity index (χ4v) is 4.72. The van der Waals surface area contributed by atoms with Crippen LogP contribution in [0, 0.1) is 12.8 Å². The minimum absolute atomic E-state index is 0.0294. The summed E-state index contributed by atoms with van der Waals surface area (Å²) in [5, 5.41) is 8.31. The molecule has 35 heavy (non-hydrogen) atoms. The Labute approximate surface area is 204 Å². The van der Waals surface area contributed by atoms with Gasteiger partial charge in [0.1, 0.15) is 0 Å². The van der Waals surface area contributed by atoms with Gasteiger partial charge in [-0.1, -0.05) is 36.4 Å². The molecule has 0 unspecified atom stereocenters. The van der Waals surface area contributed by atoms with E-state index >= 15 is 0 Å². The van der Waals surface area contributed by atoms with Crippen LogP contribution in [0.1, 0.15) is 34.5 Å². The van der Waals surface area contributed by atoms with Crippen LogP contribution in [-0.4, -0.2) is 49.6 Å². The van der Waals surface area contributed by atoms with Gasteiger partial charge >= 0.3 is 0 Å². The Kier molecular flexibility index (Phi) is 6.27. The molecule has 0 bridgehead atoms. The summed E-state index contributed by atoms with van der Waals surface area (Å²) in [6, 6.07) is 15.5. The number of hydrogen-bond donors (Lipinski definition) is 1. The summed E-state index contributed by atoms with van der Waals surface area (Å²) in [6.07, 6.45) is 4.73. The second-order valence-corrected chi connectivity index (χ2v) is 8.97. The molecule has 3 aromatic heterocycles. The van der Waals surface area contributed by atoms with Crippen LogP contribution in [0.5, 0.6) is 0 Å². The van der Waals surface area contributed by atoms with Gasteiger partial charge in [-0.05, 0) is 37.5 Å². The van der Waals surface area contributed by atoms with Gasteiger partial charge in [0.15, 0.2) is 5.65 Å². The summed E-state index contributed by atoms with van der Waals surface area (Å²) < 4.78 is 1.73. The van der Waals surface area contributed by atoms with E-state index in [9.17, 15) is 9.59 Å². The number of nitrogens with one attached hydrogen (secondary N) is 1. The first-order valence-electron chi connectivity index (χ1n) is 11.9. The molecular weight excluding hydrogens is 440 g/mol. The zero-order valence-electron chi connectivity index (χ0n) is 19.9. The number of likely N-dealkylation sites (tertiary alicyclic amines) is 1. The van der Waals surface area contributed by atoms with Crippen LogP contribution in [0.2, 0.25) is 0 Å². The summed E-state index contributed by atoms with van der Waals surface area (Å²) in [7, 11) is 1.85. The second kappa shape index (κ2) is 9.66. The van der Waals surface area contributed by atoms with E-state index in [1.54, 1.807) is 17.1 Å². The molecule has 0 aliphatic carbocycles. The van der Waals surface area contributed by atoms with Gasteiger partial charge in [0.2, 0.25) is 5.91 Å². The number of rotatable bonds is 5. The molecule has 0 spiro atoms. The molecule has 1 saturated heterocycles. The minimum atomic E-state index is -0.104. The number of fused-ring (bicyclic) bond motifs is 1. The number of hydrogen-bond acceptors (Lipinski definition) is 5. The van der Waals surface area contributed by atoms with E-state index in [4.69, 9.17) is 4.98 Å². The third-order valence-corrected chi connectivity index (χ3v) is 6.61. The summed E-state index contributed by atoms with van der Waals surface area (Å²) in [5.41, 5.74) is 4.75. The van der Waals surface area contributed by atoms with Crippen LogP contribution >= 0.6 is 0 Å². The normalized spacial score (nSPS) is 14.3. The Bertz CT molecular complexity index is 1360. The Morgan fingerprint density at radius 2 is 1.86 bits per heavy atom. The first-order chi connectivity index (χ1) is 17.0. The summed E-state index contributed by atoms with van der Waals surface area (Å²) in [6.45, 7) is 3.44. The highest BCUT2D eigenvalue weighted by atomic mass is 16.2. The Morgan fingerprint density at radius 1 is 1.09 bits per heavy atom. The van der Waals surface area contributed by atoms with Gasteiger partial charge in [0.25, 0.3) is 5.91 Å². The average Bonchev–Trinajstić information content (AvgIpc) is 3.20. The molecular formula is C27H28N6O2. The number of carbonyl (C=O) groups excluding carboxylic acids is 2. The van der Waals surface area contributed by atoms with Gasteiger partial charge in [-0.15, -0.1) is 0 Å². The molecule has 4 aromatic rings. The maximum Gasteiger partial charge on any atom is 0.254 e. The van der Waals surface area contributed by atoms with Crippen molar-refractivity contribution in [2.45, 2.75) is 26.3 Å². The zero-order chi connectivity index (χ0) is 24.4. The molecule has 1 aromatic carbocycles. The number of piperidine rings is 1. The van der Waals surface area contributed by atoms with Crippen molar-refractivity contribution in [3.8, 4) is 11.3 Å². The Hall–Kier alpha value is -4.07. The van der Waals surface area contributed by atoms with Gasteiger partial charge in [0, 0.05) is 50.6 Å². The molecule has 0 atom stereocenters. The largest absolute Gasteiger partial charge is 0.352 e. The smallest absolute Gasteiger partial charge is 0.254 e. The maximum absolute atomic E-state index is 13.7. The van der Waals surface area contributed by atoms with Crippen molar-refractivity contribution in [3.63, 3.8) is 0 Å². The van der Waals surface area contributed by atoms with E-state index in [1.807, 2.05) is 67.4 Å². The maximum atomic E-state index is 13.7. The molecule has 8 heteroatoms. The molecule has 8 nitrogen and oxygen atoms in total. The fourth-order valence-electron chi connectivity index (χ4n) is 4.72. The number of benzene rings is 1. The summed E-state index contributed by atoms with van der Waals surface area (Å²) in [4.78, 5) is 37.1. The molecule has 0 saturated carbocycles. The predicted octanol–water partition coefficient (Wildman–Crippen LogP) is 3.51. The quantitative estimate of drug-likeness (QED) is 0.484. The summed E-state index contributed by atoms with van der Waals surface area (Å²) in [5.74, 6) is -0.116. The van der Waals surface area contributed by atoms with Crippen molar-refractivity contribution < 1.29 is 9.59 Å². The molecule has 1 N–H and O–H groups in total. The van der Waals surface area contributed by atoms with Crippen LogP contribution in [-0.2, 0) is 18.4 Å². The Balaban J connectivity index is 1.33. The van der Waals surface area contributed by atoms with Crippen molar-refractivity contribution >= 4 is 22.8 Å². The van der Waals surface area contributed by atoms with Gasteiger partial charge in [-0.2, -0.15) is 5.10 Å². The predicted molar refractivity (Wildman–Crippen MR) is 133 cm³/mol. The number of aromatic nitrogens is 4. The third kappa shape index (κ3) is 4.64. The van der Waals surface area contributed by atoms with E-state index in [0.717, 1.165) is 27.9 Å². The van der Waals surface area contributed by atoms with Gasteiger partial charge in [0.05, 0.1) is 22.3 Å². The highest BCUT2D eigenvalue weighted by Gasteiger charge is 2.29.